The third-order valence-corrected chi connectivity index (χ3v) is 5.23. The maximum Gasteiger partial charge on any atom is 0.158 e. The third-order valence-electron chi connectivity index (χ3n) is 5.23. The number of benzene rings is 4. The second-order valence-electron chi connectivity index (χ2n) is 6.91. The van der Waals surface area contributed by atoms with Gasteiger partial charge >= 0.3 is 0 Å². The van der Waals surface area contributed by atoms with Gasteiger partial charge in [-0.05, 0) is 36.4 Å². The predicted octanol–water partition coefficient (Wildman–Crippen LogP) is 6.81. The lowest BCUT2D eigenvalue weighted by Crippen LogP contribution is -1.92. The molecule has 0 amide bonds. The van der Waals surface area contributed by atoms with Crippen LogP contribution >= 0.6 is 0 Å². The Labute approximate surface area is 160 Å². The molecule has 0 atom stereocenters. The highest BCUT2D eigenvalue weighted by atomic mass is 16.3. The Kier molecular flexibility index (Phi) is 3.00. The lowest BCUT2D eigenvalue weighted by Gasteiger charge is -2.09. The summed E-state index contributed by atoms with van der Waals surface area (Å²) in [7, 11) is 0. The molecule has 0 radical (unpaired) electrons. The smallest absolute Gasteiger partial charge is 0.158 e. The van der Waals surface area contributed by atoms with Gasteiger partial charge in [-0.2, -0.15) is 0 Å². The molecule has 6 rings (SSSR count). The first-order chi connectivity index (χ1) is 13.8. The maximum absolute atomic E-state index is 6.26. The van der Waals surface area contributed by atoms with Crippen LogP contribution in [0.4, 0.5) is 17.1 Å². The Bertz CT molecular complexity index is 1510. The number of rotatable bonds is 2. The number of nitrogens with two attached hydrogens (primary N) is 1. The minimum atomic E-state index is 0.701. The van der Waals surface area contributed by atoms with Crippen LogP contribution in [0.3, 0.4) is 0 Å². The van der Waals surface area contributed by atoms with Gasteiger partial charge < -0.3 is 19.9 Å². The zero-order chi connectivity index (χ0) is 18.7. The molecule has 0 aliphatic heterocycles. The first-order valence-electron chi connectivity index (χ1n) is 9.16. The summed E-state index contributed by atoms with van der Waals surface area (Å²) in [6.45, 7) is 0. The average Bonchev–Trinajstić information content (AvgIpc) is 3.28. The van der Waals surface area contributed by atoms with Crippen molar-refractivity contribution in [2.24, 2.45) is 0 Å². The minimum absolute atomic E-state index is 0.701. The molecule has 6 aromatic rings. The topological polar surface area (TPSA) is 64.3 Å². The lowest BCUT2D eigenvalue weighted by molar-refractivity contribution is 0.668. The monoisotopic (exact) mass is 364 g/mol. The molecule has 0 saturated carbocycles. The number of fused-ring (bicyclic) bond motifs is 6. The molecule has 0 aliphatic carbocycles. The van der Waals surface area contributed by atoms with E-state index < -0.39 is 0 Å². The van der Waals surface area contributed by atoms with Crippen molar-refractivity contribution in [2.75, 3.05) is 11.1 Å². The Morgan fingerprint density at radius 3 is 2.18 bits per heavy atom. The van der Waals surface area contributed by atoms with E-state index in [0.29, 0.717) is 5.69 Å². The van der Waals surface area contributed by atoms with Crippen LogP contribution < -0.4 is 11.1 Å². The number of furan rings is 2. The number of hydrogen-bond acceptors (Lipinski definition) is 4. The highest BCUT2D eigenvalue weighted by Crippen LogP contribution is 2.40. The van der Waals surface area contributed by atoms with Crippen molar-refractivity contribution < 1.29 is 8.83 Å². The summed E-state index contributed by atoms with van der Waals surface area (Å²) in [5.74, 6) is 0. The van der Waals surface area contributed by atoms with Gasteiger partial charge in [0.1, 0.15) is 16.7 Å². The summed E-state index contributed by atoms with van der Waals surface area (Å²) in [6.07, 6.45) is 0. The van der Waals surface area contributed by atoms with E-state index in [-0.39, 0.29) is 0 Å². The molecule has 28 heavy (non-hydrogen) atoms. The van der Waals surface area contributed by atoms with Crippen LogP contribution in [0.5, 0.6) is 0 Å². The molecule has 4 nitrogen and oxygen atoms in total. The molecule has 4 aromatic carbocycles. The van der Waals surface area contributed by atoms with Gasteiger partial charge in [-0.15, -0.1) is 0 Å². The van der Waals surface area contributed by atoms with E-state index in [1.54, 1.807) is 0 Å². The molecule has 134 valence electrons. The standard InChI is InChI=1S/C24H16N2O2/c25-16-8-4-12-20-22(16)23-17(9-5-13-21(23)27-20)26-18-10-3-7-15-14-6-1-2-11-19(14)28-24(15)18/h1-13,26H,25H2. The normalized spacial score (nSPS) is 11.7. The Balaban J connectivity index is 1.61. The van der Waals surface area contributed by atoms with Crippen molar-refractivity contribution in [1.29, 1.82) is 0 Å². The van der Waals surface area contributed by atoms with Crippen molar-refractivity contribution in [3.63, 3.8) is 0 Å². The summed E-state index contributed by atoms with van der Waals surface area (Å²) in [5, 5.41) is 7.65. The predicted molar refractivity (Wildman–Crippen MR) is 115 cm³/mol. The van der Waals surface area contributed by atoms with Crippen LogP contribution in [-0.4, -0.2) is 0 Å². The fourth-order valence-corrected chi connectivity index (χ4v) is 3.99. The van der Waals surface area contributed by atoms with Crippen LogP contribution in [0.1, 0.15) is 0 Å². The lowest BCUT2D eigenvalue weighted by atomic mass is 10.1. The summed E-state index contributed by atoms with van der Waals surface area (Å²) in [4.78, 5) is 0. The van der Waals surface area contributed by atoms with Crippen LogP contribution in [0, 0.1) is 0 Å². The van der Waals surface area contributed by atoms with Crippen molar-refractivity contribution in [2.45, 2.75) is 0 Å². The minimum Gasteiger partial charge on any atom is -0.456 e. The SMILES string of the molecule is Nc1cccc2oc3cccc(Nc4cccc5c4oc4ccccc45)c3c12. The van der Waals surface area contributed by atoms with Gasteiger partial charge in [0, 0.05) is 16.5 Å². The van der Waals surface area contributed by atoms with Gasteiger partial charge in [-0.3, -0.25) is 0 Å². The van der Waals surface area contributed by atoms with Crippen molar-refractivity contribution in [3.05, 3.63) is 78.9 Å². The molecule has 0 bridgehead atoms. The summed E-state index contributed by atoms with van der Waals surface area (Å²) in [6, 6.07) is 25.9. The fourth-order valence-electron chi connectivity index (χ4n) is 3.99. The van der Waals surface area contributed by atoms with E-state index >= 15 is 0 Å². The number of anilines is 3. The number of hydrogen-bond donors (Lipinski definition) is 2. The zero-order valence-electron chi connectivity index (χ0n) is 14.9. The second kappa shape index (κ2) is 5.54. The molecular weight excluding hydrogens is 348 g/mol. The first kappa shape index (κ1) is 15.2. The van der Waals surface area contributed by atoms with Gasteiger partial charge in [-0.1, -0.05) is 42.5 Å². The van der Waals surface area contributed by atoms with Crippen LogP contribution in [-0.2, 0) is 0 Å². The van der Waals surface area contributed by atoms with Gasteiger partial charge in [0.05, 0.1) is 22.1 Å². The van der Waals surface area contributed by atoms with Crippen LogP contribution in [0.25, 0.3) is 43.9 Å². The average molecular weight is 364 g/mol. The highest BCUT2D eigenvalue weighted by Gasteiger charge is 2.15. The third kappa shape index (κ3) is 2.06. The molecule has 0 aliphatic rings. The Morgan fingerprint density at radius 1 is 0.571 bits per heavy atom. The number of nitrogen functional groups attached to an aromatic ring is 1. The molecule has 3 N–H and O–H groups in total. The highest BCUT2D eigenvalue weighted by molar-refractivity contribution is 6.17. The van der Waals surface area contributed by atoms with Crippen LogP contribution in [0.2, 0.25) is 0 Å². The second-order valence-corrected chi connectivity index (χ2v) is 6.91. The Morgan fingerprint density at radius 2 is 1.25 bits per heavy atom. The van der Waals surface area contributed by atoms with E-state index in [2.05, 4.69) is 17.4 Å². The quantitative estimate of drug-likeness (QED) is 0.331. The van der Waals surface area contributed by atoms with Crippen molar-refractivity contribution in [1.82, 2.24) is 0 Å². The largest absolute Gasteiger partial charge is 0.456 e. The molecule has 0 saturated heterocycles. The van der Waals surface area contributed by atoms with E-state index in [0.717, 1.165) is 55.3 Å². The molecule has 2 heterocycles. The maximum atomic E-state index is 6.26. The van der Waals surface area contributed by atoms with Gasteiger partial charge in [0.25, 0.3) is 0 Å². The van der Waals surface area contributed by atoms with Gasteiger partial charge in [0.2, 0.25) is 0 Å². The summed E-state index contributed by atoms with van der Waals surface area (Å²) >= 11 is 0. The van der Waals surface area contributed by atoms with Crippen molar-refractivity contribution in [3.8, 4) is 0 Å². The van der Waals surface area contributed by atoms with E-state index in [1.165, 1.54) is 0 Å². The van der Waals surface area contributed by atoms with Gasteiger partial charge in [0.15, 0.2) is 5.58 Å². The first-order valence-corrected chi connectivity index (χ1v) is 9.16. The number of para-hydroxylation sites is 2. The fraction of sp³-hybridized carbons (Fsp3) is 0. The van der Waals surface area contributed by atoms with E-state index in [9.17, 15) is 0 Å². The van der Waals surface area contributed by atoms with E-state index in [1.807, 2.05) is 66.7 Å². The molecule has 2 aromatic heterocycles. The molecule has 0 fully saturated rings. The van der Waals surface area contributed by atoms with Gasteiger partial charge in [-0.25, -0.2) is 0 Å². The van der Waals surface area contributed by atoms with Crippen LogP contribution in [0.15, 0.2) is 87.7 Å². The summed E-state index contributed by atoms with van der Waals surface area (Å²) in [5.41, 5.74) is 12.1. The number of nitrogens with one attached hydrogen (secondary N) is 1. The molecule has 0 unspecified atom stereocenters. The van der Waals surface area contributed by atoms with E-state index in [4.69, 9.17) is 14.6 Å². The summed E-state index contributed by atoms with van der Waals surface area (Å²) < 4.78 is 12.2. The van der Waals surface area contributed by atoms with Crippen molar-refractivity contribution >= 4 is 60.9 Å². The molecule has 4 heteroatoms. The zero-order valence-corrected chi connectivity index (χ0v) is 14.9. The Hall–Kier alpha value is -3.92. The molecule has 0 spiro atoms. The molecular formula is C24H16N2O2.